The van der Waals surface area contributed by atoms with Gasteiger partial charge < -0.3 is 40.4 Å². The molecule has 18 nitrogen and oxygen atoms in total. The number of methoxy groups -OCH3 is 2. The molecule has 412 valence electrons. The molecular weight excluding hydrogens is 1050 g/mol. The number of ether oxygens (including phenoxy) is 2. The van der Waals surface area contributed by atoms with Gasteiger partial charge in [-0.1, -0.05) is 35.9 Å². The first-order valence-electron chi connectivity index (χ1n) is 24.7. The van der Waals surface area contributed by atoms with Crippen molar-refractivity contribution in [3.63, 3.8) is 0 Å². The van der Waals surface area contributed by atoms with Crippen molar-refractivity contribution in [1.82, 2.24) is 24.8 Å². The maximum absolute atomic E-state index is 14.2. The van der Waals surface area contributed by atoms with Crippen LogP contribution in [0.25, 0.3) is 17.1 Å². The minimum absolute atomic E-state index is 0.179. The number of sulfone groups is 2. The lowest BCUT2D eigenvalue weighted by molar-refractivity contribution is -0.153. The first kappa shape index (κ1) is 56.1. The number of nitrogens with two attached hydrogens (primary N) is 1. The number of nitrogen functional groups attached to an aromatic ring is 1. The second kappa shape index (κ2) is 21.4. The molecule has 2 atom stereocenters. The van der Waals surface area contributed by atoms with Gasteiger partial charge in [-0.25, -0.2) is 49.2 Å². The van der Waals surface area contributed by atoms with Crippen molar-refractivity contribution in [2.45, 2.75) is 106 Å². The number of carboxylic acids is 1. The van der Waals surface area contributed by atoms with Crippen LogP contribution in [0.4, 0.5) is 29.2 Å². The number of fused-ring (bicyclic) bond motifs is 2. The molecule has 77 heavy (non-hydrogen) atoms. The third-order valence-electron chi connectivity index (χ3n) is 14.9. The molecule has 3 amide bonds. The Morgan fingerprint density at radius 2 is 1.17 bits per heavy atom. The summed E-state index contributed by atoms with van der Waals surface area (Å²) in [5.41, 5.74) is 9.64. The fourth-order valence-electron chi connectivity index (χ4n) is 10.7. The zero-order chi connectivity index (χ0) is 55.9. The number of nitrogens with one attached hydrogen (secondary N) is 2. The summed E-state index contributed by atoms with van der Waals surface area (Å²) in [6, 6.07) is 19.1. The number of aryl methyl sites for hydroxylation is 1. The van der Waals surface area contributed by atoms with Crippen LogP contribution >= 0.6 is 0 Å². The lowest BCUT2D eigenvalue weighted by Crippen LogP contribution is -2.54. The van der Waals surface area contributed by atoms with Gasteiger partial charge in [0.25, 0.3) is 0 Å². The summed E-state index contributed by atoms with van der Waals surface area (Å²) in [7, 11) is -4.60. The number of aromatic amines is 1. The van der Waals surface area contributed by atoms with E-state index in [0.29, 0.717) is 34.0 Å². The van der Waals surface area contributed by atoms with Crippen LogP contribution in [0.3, 0.4) is 0 Å². The van der Waals surface area contributed by atoms with E-state index in [1.165, 1.54) is 25.4 Å². The van der Waals surface area contributed by atoms with Crippen molar-refractivity contribution in [2.75, 3.05) is 48.5 Å². The number of nitrogens with zero attached hydrogens (tertiary/aromatic N) is 4. The molecule has 2 aliphatic heterocycles. The number of halogens is 4. The third-order valence-corrected chi connectivity index (χ3v) is 17.9. The highest BCUT2D eigenvalue weighted by molar-refractivity contribution is 7.92. The number of anilines is 2. The highest BCUT2D eigenvalue weighted by Gasteiger charge is 2.56. The second-order valence-corrected chi connectivity index (χ2v) is 24.5. The van der Waals surface area contributed by atoms with Crippen LogP contribution in [0.15, 0.2) is 84.4 Å². The Balaban J connectivity index is 0.000000175. The monoisotopic (exact) mass is 1110 g/mol. The molecule has 24 heteroatoms. The van der Waals surface area contributed by atoms with Gasteiger partial charge in [0.2, 0.25) is 29.6 Å². The predicted molar refractivity (Wildman–Crippen MR) is 278 cm³/mol. The molecule has 2 saturated heterocycles. The number of rotatable bonds is 9. The van der Waals surface area contributed by atoms with E-state index in [2.05, 4.69) is 33.3 Å². The average Bonchev–Trinajstić information content (AvgIpc) is 4.15. The number of allylic oxidation sites excluding steroid dienone is 1. The summed E-state index contributed by atoms with van der Waals surface area (Å²) >= 11 is 0. The summed E-state index contributed by atoms with van der Waals surface area (Å²) in [6.45, 7) is 3.98. The van der Waals surface area contributed by atoms with Crippen LogP contribution in [0.5, 0.6) is 11.5 Å². The predicted octanol–water partition coefficient (Wildman–Crippen LogP) is 6.98. The standard InChI is InChI=1S/C26H28F2N4O5S.C18H21F2NO6S.C9H10N2/c1-16-13-20-19(29-16)7-8-22(30-20)31-23(33)21-14-38(35,36)15-32(21)24(34)25(9-11-26(27,28)12-10-25)17-3-5-18(37-2)6-4-17;1-27-13-4-2-12(3-5-13)17(6-8-18(19,20)9-7-17)16(24)21-11-28(25,26)10-14(21)15(22)23;1-6-4-7-2-3-9(10)11-8(7)5-6/h3-8,13,21,29H,9-12,14-15H2,1-2H3,(H,30,31,33);2-5,14H,6-11H2,1H3,(H,22,23);2-3,5H,4H2,1H3,(H2,10,11)/t21-;14-;/m11./s1. The number of hydrogen-bond donors (Lipinski definition) is 4. The molecule has 5 heterocycles. The smallest absolute Gasteiger partial charge is 0.327 e. The van der Waals surface area contributed by atoms with Crippen LogP contribution in [-0.4, -0.2) is 132 Å². The summed E-state index contributed by atoms with van der Waals surface area (Å²) in [5, 5.41) is 12.0. The fraction of sp³-hybridized carbons (Fsp3) is 0.434. The number of hydrogen-bond acceptors (Lipinski definition) is 13. The van der Waals surface area contributed by atoms with Crippen molar-refractivity contribution in [1.29, 1.82) is 0 Å². The molecule has 10 rings (SSSR count). The molecule has 0 unspecified atom stereocenters. The minimum Gasteiger partial charge on any atom is -0.497 e. The van der Waals surface area contributed by atoms with Gasteiger partial charge in [0, 0.05) is 31.4 Å². The number of alkyl halides is 4. The van der Waals surface area contributed by atoms with Gasteiger partial charge in [-0.2, -0.15) is 0 Å². The van der Waals surface area contributed by atoms with Gasteiger partial charge in [-0.05, 0) is 117 Å². The van der Waals surface area contributed by atoms with Gasteiger partial charge in [0.15, 0.2) is 19.7 Å². The molecule has 3 aromatic heterocycles. The van der Waals surface area contributed by atoms with Gasteiger partial charge in [0.1, 0.15) is 47.0 Å². The van der Waals surface area contributed by atoms with Crippen LogP contribution in [-0.2, 0) is 56.1 Å². The molecule has 2 saturated carbocycles. The van der Waals surface area contributed by atoms with Crippen LogP contribution in [0, 0.1) is 6.92 Å². The zero-order valence-corrected chi connectivity index (χ0v) is 44.3. The number of amides is 3. The number of benzene rings is 2. The van der Waals surface area contributed by atoms with E-state index in [-0.39, 0.29) is 31.5 Å². The van der Waals surface area contributed by atoms with Crippen molar-refractivity contribution in [2.24, 2.45) is 0 Å². The van der Waals surface area contributed by atoms with Gasteiger partial charge in [0.05, 0.1) is 53.3 Å². The van der Waals surface area contributed by atoms with Crippen LogP contribution in [0.1, 0.15) is 86.4 Å². The third kappa shape index (κ3) is 12.2. The fourth-order valence-corrected chi connectivity index (χ4v) is 14.0. The highest BCUT2D eigenvalue weighted by atomic mass is 32.2. The first-order valence-corrected chi connectivity index (χ1v) is 28.3. The van der Waals surface area contributed by atoms with E-state index in [0.717, 1.165) is 33.1 Å². The lowest BCUT2D eigenvalue weighted by atomic mass is 9.67. The Kier molecular flexibility index (Phi) is 15.6. The lowest BCUT2D eigenvalue weighted by Gasteiger charge is -2.42. The van der Waals surface area contributed by atoms with Gasteiger partial charge in [-0.15, -0.1) is 0 Å². The number of pyridine rings is 2. The number of H-pyrrole nitrogens is 1. The van der Waals surface area contributed by atoms with Crippen molar-refractivity contribution < 1.29 is 68.2 Å². The molecule has 5 aromatic rings. The van der Waals surface area contributed by atoms with Crippen molar-refractivity contribution in [3.8, 4) is 11.5 Å². The molecule has 2 aromatic carbocycles. The summed E-state index contributed by atoms with van der Waals surface area (Å²) in [5.74, 6) is -10.1. The van der Waals surface area contributed by atoms with Crippen molar-refractivity contribution in [3.05, 3.63) is 113 Å². The maximum atomic E-state index is 14.2. The van der Waals surface area contributed by atoms with E-state index in [4.69, 9.17) is 15.2 Å². The number of carbonyl (C=O) groups is 4. The molecule has 0 radical (unpaired) electrons. The minimum atomic E-state index is -3.79. The Hall–Kier alpha value is -7.08. The van der Waals surface area contributed by atoms with Crippen LogP contribution < -0.4 is 20.5 Å². The van der Waals surface area contributed by atoms with Crippen LogP contribution in [0.2, 0.25) is 0 Å². The van der Waals surface area contributed by atoms with Gasteiger partial charge >= 0.3 is 5.97 Å². The number of carboxylic acid groups (broad SMARTS) is 1. The quantitative estimate of drug-likeness (QED) is 0.109. The average molecular weight is 1110 g/mol. The van der Waals surface area contributed by atoms with E-state index < -0.39 is 127 Å². The number of aliphatic carboxylic acids is 1. The van der Waals surface area contributed by atoms with Crippen molar-refractivity contribution >= 4 is 72.1 Å². The number of carbonyl (C=O) groups excluding carboxylic acids is 3. The molecule has 3 aliphatic carbocycles. The Morgan fingerprint density at radius 1 is 0.688 bits per heavy atom. The summed E-state index contributed by atoms with van der Waals surface area (Å²) in [4.78, 5) is 65.9. The normalized spacial score (nSPS) is 22.0. The molecule has 5 N–H and O–H groups in total. The summed E-state index contributed by atoms with van der Waals surface area (Å²) < 4.78 is 116. The SMILES string of the molecule is CC1=Cc2nc(N)ccc2C1.COc1ccc(C2(C(=O)N3CS(=O)(=O)C[C@@H]3C(=O)Nc3ccc4[nH]c(C)cc4n3)CCC(F)(F)CC2)cc1.COc1ccc(C2(C(=O)N3CS(=O)(=O)C[C@@H]3C(=O)O)CCC(F)(F)CC2)cc1. The van der Waals surface area contributed by atoms with E-state index in [1.54, 1.807) is 66.7 Å². The topological polar surface area (TPSA) is 261 Å². The Morgan fingerprint density at radius 3 is 1.65 bits per heavy atom. The van der Waals surface area contributed by atoms with Gasteiger partial charge in [-0.3, -0.25) is 14.4 Å². The molecule has 0 bridgehead atoms. The highest BCUT2D eigenvalue weighted by Crippen LogP contribution is 2.49. The van der Waals surface area contributed by atoms with E-state index in [1.807, 2.05) is 19.1 Å². The Bertz CT molecular complexity index is 3340. The van der Waals surface area contributed by atoms with E-state index >= 15 is 0 Å². The molecule has 5 aliphatic rings. The second-order valence-electron chi connectivity index (χ2n) is 20.4. The Labute approximate surface area is 442 Å². The number of aromatic nitrogens is 3. The van der Waals surface area contributed by atoms with E-state index in [9.17, 15) is 58.7 Å². The molecular formula is C53H59F4N7O11S2. The molecule has 4 fully saturated rings. The first-order chi connectivity index (χ1) is 36.2. The maximum Gasteiger partial charge on any atom is 0.327 e. The summed E-state index contributed by atoms with van der Waals surface area (Å²) in [6.07, 6.45) is 0.231. The molecule has 0 spiro atoms. The largest absolute Gasteiger partial charge is 0.497 e. The zero-order valence-electron chi connectivity index (χ0n) is 42.7.